The van der Waals surface area contributed by atoms with Crippen LogP contribution in [0.2, 0.25) is 10.0 Å². The molecule has 2 amide bonds. The van der Waals surface area contributed by atoms with Crippen molar-refractivity contribution in [1.82, 2.24) is 0 Å². The average molecular weight is 393 g/mol. The Labute approximate surface area is 163 Å². The molecule has 0 fully saturated rings. The van der Waals surface area contributed by atoms with E-state index in [1.54, 1.807) is 30.3 Å². The summed E-state index contributed by atoms with van der Waals surface area (Å²) in [5, 5.41) is 6.62. The zero-order chi connectivity index (χ0) is 19.5. The fourth-order valence-electron chi connectivity index (χ4n) is 2.21. The summed E-state index contributed by atoms with van der Waals surface area (Å²) < 4.78 is 0. The Bertz CT molecular complexity index is 822. The van der Waals surface area contributed by atoms with Gasteiger partial charge in [-0.05, 0) is 42.3 Å². The summed E-state index contributed by atoms with van der Waals surface area (Å²) in [5.41, 5.74) is 2.22. The smallest absolute Gasteiger partial charge is 0.229 e. The monoisotopic (exact) mass is 392 g/mol. The molecule has 2 aromatic carbocycles. The van der Waals surface area contributed by atoms with Gasteiger partial charge in [0, 0.05) is 26.8 Å². The molecule has 0 saturated heterocycles. The van der Waals surface area contributed by atoms with Crippen molar-refractivity contribution in [2.75, 3.05) is 10.6 Å². The van der Waals surface area contributed by atoms with Gasteiger partial charge in [0.25, 0.3) is 0 Å². The van der Waals surface area contributed by atoms with E-state index in [0.29, 0.717) is 27.0 Å². The topological polar surface area (TPSA) is 58.2 Å². The molecule has 0 aromatic heterocycles. The normalized spacial score (nSPS) is 11.2. The first-order valence-electron chi connectivity index (χ1n) is 8.23. The quantitative estimate of drug-likeness (QED) is 0.724. The first-order valence-corrected chi connectivity index (χ1v) is 8.98. The summed E-state index contributed by atoms with van der Waals surface area (Å²) in [7, 11) is 0. The molecule has 0 unspecified atom stereocenters. The van der Waals surface area contributed by atoms with E-state index in [2.05, 4.69) is 10.6 Å². The van der Waals surface area contributed by atoms with Crippen molar-refractivity contribution < 1.29 is 9.59 Å². The van der Waals surface area contributed by atoms with E-state index in [-0.39, 0.29) is 18.2 Å². The van der Waals surface area contributed by atoms with E-state index in [1.807, 2.05) is 33.8 Å². The number of anilines is 2. The van der Waals surface area contributed by atoms with Crippen molar-refractivity contribution >= 4 is 46.4 Å². The third-order valence-electron chi connectivity index (χ3n) is 3.85. The fourth-order valence-corrected chi connectivity index (χ4v) is 2.74. The molecule has 2 aromatic rings. The van der Waals surface area contributed by atoms with Gasteiger partial charge >= 0.3 is 0 Å². The Morgan fingerprint density at radius 1 is 1.00 bits per heavy atom. The number of carbonyl (C=O) groups excluding carboxylic acids is 2. The fraction of sp³-hybridized carbons (Fsp3) is 0.300. The van der Waals surface area contributed by atoms with Gasteiger partial charge in [0.1, 0.15) is 0 Å². The minimum absolute atomic E-state index is 0.0660. The summed E-state index contributed by atoms with van der Waals surface area (Å²) in [6, 6.07) is 10.5. The molecule has 0 aliphatic rings. The van der Waals surface area contributed by atoms with Gasteiger partial charge in [-0.3, -0.25) is 9.59 Å². The van der Waals surface area contributed by atoms with E-state index in [9.17, 15) is 9.59 Å². The zero-order valence-corrected chi connectivity index (χ0v) is 16.8. The summed E-state index contributed by atoms with van der Waals surface area (Å²) in [6.07, 6.45) is 0.0660. The predicted molar refractivity (Wildman–Crippen MR) is 108 cm³/mol. The Balaban J connectivity index is 2.15. The molecule has 0 aliphatic heterocycles. The lowest BCUT2D eigenvalue weighted by atomic mass is 9.95. The highest BCUT2D eigenvalue weighted by Crippen LogP contribution is 2.26. The molecule has 4 nitrogen and oxygen atoms in total. The number of carbonyl (C=O) groups is 2. The third kappa shape index (κ3) is 5.23. The minimum Gasteiger partial charge on any atom is -0.326 e. The maximum absolute atomic E-state index is 12.4. The molecule has 0 saturated carbocycles. The Hall–Kier alpha value is -2.04. The highest BCUT2D eigenvalue weighted by molar-refractivity contribution is 6.36. The number of benzene rings is 2. The number of aryl methyl sites for hydroxylation is 1. The van der Waals surface area contributed by atoms with Gasteiger partial charge in [0.15, 0.2) is 0 Å². The molecule has 0 bridgehead atoms. The number of nitrogens with one attached hydrogen (secondary N) is 2. The molecule has 0 spiro atoms. The van der Waals surface area contributed by atoms with E-state index in [1.165, 1.54) is 0 Å². The SMILES string of the molecule is Cc1ccc(NC(=O)C(C)(C)C)cc1NC(=O)Cc1c(Cl)cccc1Cl. The van der Waals surface area contributed by atoms with Crippen LogP contribution in [-0.2, 0) is 16.0 Å². The largest absolute Gasteiger partial charge is 0.326 e. The molecular weight excluding hydrogens is 371 g/mol. The summed E-state index contributed by atoms with van der Waals surface area (Å²) in [6.45, 7) is 7.40. The standard InChI is InChI=1S/C20H22Cl2N2O2/c1-12-8-9-13(23-19(26)20(2,3)4)10-17(12)24-18(25)11-14-15(21)6-5-7-16(14)22/h5-10H,11H2,1-4H3,(H,23,26)(H,24,25). The van der Waals surface area contributed by atoms with Gasteiger partial charge in [-0.25, -0.2) is 0 Å². The van der Waals surface area contributed by atoms with Crippen molar-refractivity contribution in [2.45, 2.75) is 34.1 Å². The second kappa shape index (κ2) is 8.11. The Morgan fingerprint density at radius 3 is 2.19 bits per heavy atom. The Kier molecular flexibility index (Phi) is 6.32. The molecular formula is C20H22Cl2N2O2. The van der Waals surface area contributed by atoms with Crippen LogP contribution in [0.4, 0.5) is 11.4 Å². The van der Waals surface area contributed by atoms with Crippen molar-refractivity contribution in [3.8, 4) is 0 Å². The van der Waals surface area contributed by atoms with Crippen molar-refractivity contribution in [2.24, 2.45) is 5.41 Å². The van der Waals surface area contributed by atoms with E-state index >= 15 is 0 Å². The van der Waals surface area contributed by atoms with Crippen LogP contribution in [0.25, 0.3) is 0 Å². The predicted octanol–water partition coefficient (Wildman–Crippen LogP) is 5.47. The number of rotatable bonds is 4. The van der Waals surface area contributed by atoms with Crippen LogP contribution in [0.3, 0.4) is 0 Å². The second-order valence-corrected chi connectivity index (χ2v) is 7.97. The number of amides is 2. The molecule has 138 valence electrons. The molecule has 0 aliphatic carbocycles. The van der Waals surface area contributed by atoms with Crippen LogP contribution in [0.5, 0.6) is 0 Å². The average Bonchev–Trinajstić information content (AvgIpc) is 2.53. The molecule has 2 N–H and O–H groups in total. The van der Waals surface area contributed by atoms with Gasteiger partial charge < -0.3 is 10.6 Å². The van der Waals surface area contributed by atoms with Crippen LogP contribution >= 0.6 is 23.2 Å². The van der Waals surface area contributed by atoms with Gasteiger partial charge in [-0.15, -0.1) is 0 Å². The first kappa shape index (κ1) is 20.3. The number of hydrogen-bond acceptors (Lipinski definition) is 2. The van der Waals surface area contributed by atoms with E-state index in [0.717, 1.165) is 5.56 Å². The van der Waals surface area contributed by atoms with E-state index in [4.69, 9.17) is 23.2 Å². The highest BCUT2D eigenvalue weighted by Gasteiger charge is 2.21. The molecule has 6 heteroatoms. The lowest BCUT2D eigenvalue weighted by Gasteiger charge is -2.18. The molecule has 0 radical (unpaired) electrons. The zero-order valence-electron chi connectivity index (χ0n) is 15.2. The number of halogens is 2. The maximum atomic E-state index is 12.4. The lowest BCUT2D eigenvalue weighted by Crippen LogP contribution is -2.27. The van der Waals surface area contributed by atoms with E-state index < -0.39 is 5.41 Å². The van der Waals surface area contributed by atoms with Crippen molar-refractivity contribution in [3.63, 3.8) is 0 Å². The number of hydrogen-bond donors (Lipinski definition) is 2. The van der Waals surface area contributed by atoms with Crippen LogP contribution in [0.15, 0.2) is 36.4 Å². The van der Waals surface area contributed by atoms with Crippen LogP contribution < -0.4 is 10.6 Å². The second-order valence-electron chi connectivity index (χ2n) is 7.16. The molecule has 0 heterocycles. The van der Waals surface area contributed by atoms with Gasteiger partial charge in [-0.1, -0.05) is 56.1 Å². The Morgan fingerprint density at radius 2 is 1.62 bits per heavy atom. The van der Waals surface area contributed by atoms with Gasteiger partial charge in [0.2, 0.25) is 11.8 Å². The third-order valence-corrected chi connectivity index (χ3v) is 4.56. The van der Waals surface area contributed by atoms with Gasteiger partial charge in [0.05, 0.1) is 6.42 Å². The lowest BCUT2D eigenvalue weighted by molar-refractivity contribution is -0.123. The first-order chi connectivity index (χ1) is 12.1. The van der Waals surface area contributed by atoms with Crippen molar-refractivity contribution in [3.05, 3.63) is 57.6 Å². The summed E-state index contributed by atoms with van der Waals surface area (Å²) >= 11 is 12.2. The minimum atomic E-state index is -0.505. The summed E-state index contributed by atoms with van der Waals surface area (Å²) in [5.74, 6) is -0.330. The van der Waals surface area contributed by atoms with Crippen LogP contribution in [-0.4, -0.2) is 11.8 Å². The molecule has 2 rings (SSSR count). The van der Waals surface area contributed by atoms with Crippen LogP contribution in [0, 0.1) is 12.3 Å². The highest BCUT2D eigenvalue weighted by atomic mass is 35.5. The summed E-state index contributed by atoms with van der Waals surface area (Å²) in [4.78, 5) is 24.6. The molecule has 26 heavy (non-hydrogen) atoms. The van der Waals surface area contributed by atoms with Gasteiger partial charge in [-0.2, -0.15) is 0 Å². The van der Waals surface area contributed by atoms with Crippen molar-refractivity contribution in [1.29, 1.82) is 0 Å². The van der Waals surface area contributed by atoms with Crippen LogP contribution in [0.1, 0.15) is 31.9 Å². The molecule has 0 atom stereocenters. The maximum Gasteiger partial charge on any atom is 0.229 e.